The van der Waals surface area contributed by atoms with Crippen LogP contribution in [0.25, 0.3) is 0 Å². The zero-order chi connectivity index (χ0) is 24.6. The molecule has 0 amide bonds. The first-order chi connectivity index (χ1) is 17.1. The zero-order valence-corrected chi connectivity index (χ0v) is 23.2. The van der Waals surface area contributed by atoms with E-state index in [0.29, 0.717) is 10.4 Å². The average molecular weight is 602 g/mol. The molecule has 1 aromatic carbocycles. The second-order valence-electron chi connectivity index (χ2n) is 8.36. The fourth-order valence-electron chi connectivity index (χ4n) is 4.26. The molecule has 2 unspecified atom stereocenters. The lowest BCUT2D eigenvalue weighted by Gasteiger charge is -2.30. The summed E-state index contributed by atoms with van der Waals surface area (Å²) in [6.07, 6.45) is 7.01. The van der Waals surface area contributed by atoms with Crippen LogP contribution in [0.1, 0.15) is 25.8 Å². The number of nitrogens with two attached hydrogens (primary N) is 1. The second kappa shape index (κ2) is 12.6. The summed E-state index contributed by atoms with van der Waals surface area (Å²) < 4.78 is 6.28. The molecule has 3 N–H and O–H groups in total. The number of fused-ring (bicyclic) bond motifs is 1. The van der Waals surface area contributed by atoms with Gasteiger partial charge in [0.2, 0.25) is 0 Å². The first-order valence-corrected chi connectivity index (χ1v) is 14.4. The van der Waals surface area contributed by atoms with E-state index >= 15 is 0 Å². The maximum Gasteiger partial charge on any atom is 0.138 e. The molecule has 2 heterocycles. The van der Waals surface area contributed by atoms with Crippen molar-refractivity contribution in [1.82, 2.24) is 4.90 Å². The molecule has 0 bridgehead atoms. The topological polar surface area (TPSA) is 66.1 Å². The lowest BCUT2D eigenvalue weighted by molar-refractivity contribution is 0.177. The summed E-state index contributed by atoms with van der Waals surface area (Å²) in [5.41, 5.74) is 11.5. The van der Waals surface area contributed by atoms with Crippen LogP contribution in [0, 0.1) is 11.8 Å². The summed E-state index contributed by atoms with van der Waals surface area (Å²) in [5, 5.41) is 7.77. The molecule has 6 nitrogen and oxygen atoms in total. The van der Waals surface area contributed by atoms with E-state index in [-0.39, 0.29) is 12.3 Å². The SMILES string of the molecule is CCN(CC)CCN1c2ccc(N=C(N)c3ccsc3)cc2NC1CC1=CC#CC(OCI)C=C1. The largest absolute Gasteiger partial charge is 0.383 e. The third-order valence-corrected chi connectivity index (χ3v) is 7.29. The van der Waals surface area contributed by atoms with Crippen LogP contribution in [0.2, 0.25) is 0 Å². The Morgan fingerprint density at radius 1 is 1.31 bits per heavy atom. The zero-order valence-electron chi connectivity index (χ0n) is 20.2. The summed E-state index contributed by atoms with van der Waals surface area (Å²) >= 11 is 3.82. The van der Waals surface area contributed by atoms with Gasteiger partial charge in [0.1, 0.15) is 18.1 Å². The molecule has 1 aliphatic carbocycles. The van der Waals surface area contributed by atoms with Crippen LogP contribution in [0.3, 0.4) is 0 Å². The number of nitrogens with zero attached hydrogens (tertiary/aromatic N) is 3. The van der Waals surface area contributed by atoms with Gasteiger partial charge in [0, 0.05) is 30.5 Å². The van der Waals surface area contributed by atoms with Crippen LogP contribution >= 0.6 is 33.9 Å². The number of anilines is 2. The Kier molecular flexibility index (Phi) is 9.26. The van der Waals surface area contributed by atoms with Crippen molar-refractivity contribution >= 4 is 56.8 Å². The highest BCUT2D eigenvalue weighted by molar-refractivity contribution is 14.1. The quantitative estimate of drug-likeness (QED) is 0.120. The van der Waals surface area contributed by atoms with Gasteiger partial charge < -0.3 is 25.6 Å². The van der Waals surface area contributed by atoms with Crippen molar-refractivity contribution in [2.45, 2.75) is 32.5 Å². The van der Waals surface area contributed by atoms with E-state index in [4.69, 9.17) is 10.5 Å². The highest BCUT2D eigenvalue weighted by Gasteiger charge is 2.29. The monoisotopic (exact) mass is 601 g/mol. The lowest BCUT2D eigenvalue weighted by Crippen LogP contribution is -2.41. The molecule has 184 valence electrons. The average Bonchev–Trinajstić information content (AvgIpc) is 3.45. The number of aliphatic imine (C=N–C) groups is 1. The Hall–Kier alpha value is -2.32. The number of benzene rings is 1. The summed E-state index contributed by atoms with van der Waals surface area (Å²) in [7, 11) is 0. The fraction of sp³-hybridized carbons (Fsp3) is 0.370. The van der Waals surface area contributed by atoms with Gasteiger partial charge in [-0.15, -0.1) is 0 Å². The van der Waals surface area contributed by atoms with E-state index in [2.05, 4.69) is 92.7 Å². The molecule has 0 saturated carbocycles. The van der Waals surface area contributed by atoms with Crippen LogP contribution in [0.4, 0.5) is 17.1 Å². The van der Waals surface area contributed by atoms with Gasteiger partial charge in [-0.2, -0.15) is 11.3 Å². The van der Waals surface area contributed by atoms with Crippen molar-refractivity contribution in [3.63, 3.8) is 0 Å². The van der Waals surface area contributed by atoms with Gasteiger partial charge >= 0.3 is 0 Å². The third kappa shape index (κ3) is 6.67. The number of hydrogen-bond acceptors (Lipinski definition) is 6. The highest BCUT2D eigenvalue weighted by Crippen LogP contribution is 2.39. The Bertz CT molecular complexity index is 1140. The second-order valence-corrected chi connectivity index (χ2v) is 9.76. The van der Waals surface area contributed by atoms with Gasteiger partial charge in [0.25, 0.3) is 0 Å². The molecule has 0 radical (unpaired) electrons. The number of halogens is 1. The number of nitrogens with one attached hydrogen (secondary N) is 1. The molecule has 2 aliphatic rings. The van der Waals surface area contributed by atoms with Crippen molar-refractivity contribution in [2.24, 2.45) is 10.7 Å². The van der Waals surface area contributed by atoms with Crippen molar-refractivity contribution in [1.29, 1.82) is 0 Å². The van der Waals surface area contributed by atoms with E-state index in [1.165, 1.54) is 11.3 Å². The van der Waals surface area contributed by atoms with Crippen LogP contribution < -0.4 is 16.0 Å². The number of rotatable bonds is 11. The molecular weight excluding hydrogens is 569 g/mol. The number of amidine groups is 1. The number of alkyl halides is 1. The van der Waals surface area contributed by atoms with Crippen LogP contribution in [0.5, 0.6) is 0 Å². The molecular formula is C27H32IN5OS. The number of thiophene rings is 1. The Morgan fingerprint density at radius 2 is 2.17 bits per heavy atom. The van der Waals surface area contributed by atoms with Gasteiger partial charge in [0.15, 0.2) is 0 Å². The van der Waals surface area contributed by atoms with Crippen LogP contribution in [-0.4, -0.2) is 53.8 Å². The summed E-state index contributed by atoms with van der Waals surface area (Å²) in [4.78, 5) is 9.59. The Balaban J connectivity index is 1.55. The standard InChI is InChI=1S/C27H32IN5OS/c1-3-32(4-2)13-14-33-25-11-9-22(30-27(29)21-12-15-35-18-21)17-24(25)31-26(33)16-20-6-5-7-23(10-8-20)34-19-28/h6,8-12,15,17-18,23,26,31H,3-4,13-14,16,19H2,1-2H3,(H2,29,30). The third-order valence-electron chi connectivity index (χ3n) is 6.25. The van der Waals surface area contributed by atoms with E-state index < -0.39 is 0 Å². The number of ether oxygens (including phenoxy) is 1. The van der Waals surface area contributed by atoms with Gasteiger partial charge in [-0.25, -0.2) is 4.99 Å². The molecule has 0 saturated heterocycles. The van der Waals surface area contributed by atoms with E-state index in [0.717, 1.165) is 49.5 Å². The minimum Gasteiger partial charge on any atom is -0.383 e. The van der Waals surface area contributed by atoms with E-state index in [1.807, 2.05) is 29.0 Å². The molecule has 0 fully saturated rings. The summed E-state index contributed by atoms with van der Waals surface area (Å²) in [5.74, 6) is 6.85. The summed E-state index contributed by atoms with van der Waals surface area (Å²) in [6.45, 7) is 8.48. The number of allylic oxidation sites excluding steroid dienone is 2. The smallest absolute Gasteiger partial charge is 0.138 e. The lowest BCUT2D eigenvalue weighted by atomic mass is 10.1. The van der Waals surface area contributed by atoms with Crippen LogP contribution in [0.15, 0.2) is 63.8 Å². The predicted molar refractivity (Wildman–Crippen MR) is 157 cm³/mol. The fourth-order valence-corrected chi connectivity index (χ4v) is 5.30. The molecule has 8 heteroatoms. The highest BCUT2D eigenvalue weighted by atomic mass is 127. The normalized spacial score (nSPS) is 19.1. The van der Waals surface area contributed by atoms with Crippen molar-refractivity contribution in [2.75, 3.05) is 41.0 Å². The minimum absolute atomic E-state index is 0.133. The molecule has 4 rings (SSSR count). The molecule has 35 heavy (non-hydrogen) atoms. The van der Waals surface area contributed by atoms with Crippen molar-refractivity contribution in [3.8, 4) is 11.8 Å². The number of likely N-dealkylation sites (N-methyl/N-ethyl adjacent to an activating group) is 1. The molecule has 2 aromatic rings. The van der Waals surface area contributed by atoms with Crippen LogP contribution in [-0.2, 0) is 4.74 Å². The number of hydrogen-bond donors (Lipinski definition) is 2. The van der Waals surface area contributed by atoms with Gasteiger partial charge in [-0.3, -0.25) is 0 Å². The maximum absolute atomic E-state index is 6.24. The predicted octanol–water partition coefficient (Wildman–Crippen LogP) is 5.35. The molecule has 1 aliphatic heterocycles. The van der Waals surface area contributed by atoms with Crippen molar-refractivity contribution < 1.29 is 4.74 Å². The Labute approximate surface area is 226 Å². The maximum atomic E-state index is 6.24. The first-order valence-electron chi connectivity index (χ1n) is 11.9. The van der Waals surface area contributed by atoms with Gasteiger partial charge in [-0.05, 0) is 60.5 Å². The molecule has 2 atom stereocenters. The summed E-state index contributed by atoms with van der Waals surface area (Å²) in [6, 6.07) is 8.30. The van der Waals surface area contributed by atoms with E-state index in [9.17, 15) is 0 Å². The minimum atomic E-state index is -0.151. The molecule has 1 aromatic heterocycles. The van der Waals surface area contributed by atoms with Gasteiger partial charge in [-0.1, -0.05) is 54.4 Å². The Morgan fingerprint density at radius 3 is 2.91 bits per heavy atom. The first kappa shape index (κ1) is 25.8. The van der Waals surface area contributed by atoms with Crippen molar-refractivity contribution in [3.05, 3.63) is 64.4 Å². The van der Waals surface area contributed by atoms with E-state index in [1.54, 1.807) is 11.3 Å². The molecule has 0 spiro atoms. The van der Waals surface area contributed by atoms with Gasteiger partial charge in [0.05, 0.1) is 21.7 Å².